The van der Waals surface area contributed by atoms with E-state index in [1.807, 2.05) is 0 Å². The Bertz CT molecular complexity index is 477. The molecule has 1 aromatic carbocycles. The van der Waals surface area contributed by atoms with Crippen LogP contribution in [0.1, 0.15) is 23.7 Å². The molecule has 0 saturated carbocycles. The van der Waals surface area contributed by atoms with Gasteiger partial charge < -0.3 is 10.8 Å². The van der Waals surface area contributed by atoms with Gasteiger partial charge >= 0.3 is 12.4 Å². The van der Waals surface area contributed by atoms with E-state index in [0.717, 1.165) is 6.07 Å². The van der Waals surface area contributed by atoms with Crippen molar-refractivity contribution in [3.8, 4) is 0 Å². The minimum Gasteiger partial charge on any atom is -0.388 e. The van der Waals surface area contributed by atoms with Crippen molar-refractivity contribution in [1.82, 2.24) is 0 Å². The number of benzene rings is 1. The van der Waals surface area contributed by atoms with Gasteiger partial charge in [-0.2, -0.15) is 26.3 Å². The predicted molar refractivity (Wildman–Crippen MR) is 67.3 cm³/mol. The number of alkyl halides is 6. The molecule has 0 aliphatic carbocycles. The van der Waals surface area contributed by atoms with E-state index in [2.05, 4.69) is 0 Å². The molecule has 1 rings (SSSR count). The van der Waals surface area contributed by atoms with Crippen LogP contribution in [0.25, 0.3) is 0 Å². The summed E-state index contributed by atoms with van der Waals surface area (Å²) in [5, 5.41) is 9.33. The van der Waals surface area contributed by atoms with Crippen LogP contribution in [0.3, 0.4) is 0 Å². The summed E-state index contributed by atoms with van der Waals surface area (Å²) in [4.78, 5) is 0. The van der Waals surface area contributed by atoms with Crippen molar-refractivity contribution in [2.24, 2.45) is 5.73 Å². The normalized spacial score (nSPS) is 15.3. The quantitative estimate of drug-likeness (QED) is 0.800. The molecule has 0 spiro atoms. The first kappa shape index (κ1) is 20.3. The predicted octanol–water partition coefficient (Wildman–Crippen LogP) is 4.09. The average molecular weight is 358 g/mol. The van der Waals surface area contributed by atoms with Crippen molar-refractivity contribution in [1.29, 1.82) is 0 Å². The Morgan fingerprint density at radius 1 is 1.14 bits per heavy atom. The maximum atomic E-state index is 12.5. The molecule has 0 aliphatic rings. The van der Waals surface area contributed by atoms with Crippen molar-refractivity contribution in [2.75, 3.05) is 0 Å². The van der Waals surface area contributed by atoms with E-state index in [9.17, 15) is 31.4 Å². The van der Waals surface area contributed by atoms with Crippen molar-refractivity contribution in [3.63, 3.8) is 0 Å². The van der Waals surface area contributed by atoms with E-state index in [4.69, 9.17) is 17.3 Å². The molecule has 2 atom stereocenters. The number of nitrogens with two attached hydrogens (primary N) is 1. The van der Waals surface area contributed by atoms with E-state index in [-0.39, 0.29) is 17.4 Å². The van der Waals surface area contributed by atoms with E-state index in [0.29, 0.717) is 12.1 Å². The van der Waals surface area contributed by atoms with Gasteiger partial charge in [-0.05, 0) is 23.8 Å². The van der Waals surface area contributed by atoms with Gasteiger partial charge in [0.2, 0.25) is 0 Å². The van der Waals surface area contributed by atoms with Crippen molar-refractivity contribution >= 4 is 24.0 Å². The number of aliphatic hydroxyl groups is 1. The Morgan fingerprint density at radius 2 is 1.67 bits per heavy atom. The van der Waals surface area contributed by atoms with Crippen molar-refractivity contribution < 1.29 is 31.4 Å². The lowest BCUT2D eigenvalue weighted by Gasteiger charge is -2.20. The minimum absolute atomic E-state index is 0. The van der Waals surface area contributed by atoms with Gasteiger partial charge in [0, 0.05) is 11.4 Å². The molecular formula is C11H11Cl2F6NO. The number of rotatable bonds is 3. The Balaban J connectivity index is 0.00000400. The molecule has 0 radical (unpaired) electrons. The fraction of sp³-hybridized carbons (Fsp3) is 0.455. The minimum atomic E-state index is -4.75. The number of hydrogen-bond donors (Lipinski definition) is 2. The third-order valence-corrected chi connectivity index (χ3v) is 2.92. The van der Waals surface area contributed by atoms with E-state index >= 15 is 0 Å². The summed E-state index contributed by atoms with van der Waals surface area (Å²) in [6.45, 7) is 0. The molecule has 0 heterocycles. The molecule has 0 fully saturated rings. The first-order chi connectivity index (χ1) is 8.93. The summed E-state index contributed by atoms with van der Waals surface area (Å²) >= 11 is 5.59. The molecule has 21 heavy (non-hydrogen) atoms. The zero-order valence-corrected chi connectivity index (χ0v) is 11.7. The van der Waals surface area contributed by atoms with Gasteiger partial charge in [0.25, 0.3) is 0 Å². The SMILES string of the molecule is Cl.N[C@@H](C[C@H](O)c1cc(C(F)(F)F)ccc1Cl)C(F)(F)F. The summed E-state index contributed by atoms with van der Waals surface area (Å²) < 4.78 is 74.2. The summed E-state index contributed by atoms with van der Waals surface area (Å²) in [6, 6.07) is -0.316. The third kappa shape index (κ3) is 5.54. The third-order valence-electron chi connectivity index (χ3n) is 2.58. The van der Waals surface area contributed by atoms with Gasteiger partial charge in [-0.1, -0.05) is 11.6 Å². The van der Waals surface area contributed by atoms with Gasteiger partial charge in [-0.15, -0.1) is 12.4 Å². The van der Waals surface area contributed by atoms with E-state index in [1.165, 1.54) is 0 Å². The van der Waals surface area contributed by atoms with Crippen LogP contribution >= 0.6 is 24.0 Å². The monoisotopic (exact) mass is 357 g/mol. The van der Waals surface area contributed by atoms with Gasteiger partial charge in [0.05, 0.1) is 11.7 Å². The molecule has 0 amide bonds. The maximum Gasteiger partial charge on any atom is 0.416 e. The molecule has 0 bridgehead atoms. The second-order valence-electron chi connectivity index (χ2n) is 4.13. The fourth-order valence-electron chi connectivity index (χ4n) is 1.48. The summed E-state index contributed by atoms with van der Waals surface area (Å²) in [5.41, 5.74) is 3.25. The van der Waals surface area contributed by atoms with Gasteiger partial charge in [-0.25, -0.2) is 0 Å². The topological polar surface area (TPSA) is 46.2 Å². The highest BCUT2D eigenvalue weighted by atomic mass is 35.5. The van der Waals surface area contributed by atoms with Gasteiger partial charge in [0.1, 0.15) is 6.04 Å². The standard InChI is InChI=1S/C11H10ClF6NO.ClH/c12-7-2-1-5(10(13,14)15)3-6(7)8(20)4-9(19)11(16,17)18;/h1-3,8-9,20H,4,19H2;1H/t8-,9-;/m0./s1. The Hall–Kier alpha value is -0.700. The van der Waals surface area contributed by atoms with Gasteiger partial charge in [-0.3, -0.25) is 0 Å². The molecule has 0 aliphatic heterocycles. The Labute approximate surface area is 127 Å². The van der Waals surface area contributed by atoms with Crippen LogP contribution in [0.5, 0.6) is 0 Å². The molecular weight excluding hydrogens is 347 g/mol. The van der Waals surface area contributed by atoms with Crippen LogP contribution in [-0.2, 0) is 6.18 Å². The molecule has 3 N–H and O–H groups in total. The molecule has 0 aromatic heterocycles. The van der Waals surface area contributed by atoms with E-state index < -0.39 is 42.0 Å². The van der Waals surface area contributed by atoms with Crippen LogP contribution in [0, 0.1) is 0 Å². The number of aliphatic hydroxyl groups excluding tert-OH is 1. The Kier molecular flexibility index (Phi) is 6.81. The summed E-state index contributed by atoms with van der Waals surface area (Å²) in [6.07, 6.45) is -12.3. The van der Waals surface area contributed by atoms with Crippen LogP contribution in [-0.4, -0.2) is 17.3 Å². The number of halogens is 8. The molecule has 0 unspecified atom stereocenters. The first-order valence-electron chi connectivity index (χ1n) is 5.30. The van der Waals surface area contributed by atoms with Crippen LogP contribution in [0.2, 0.25) is 5.02 Å². The molecule has 0 saturated heterocycles. The molecule has 1 aromatic rings. The molecule has 2 nitrogen and oxygen atoms in total. The van der Waals surface area contributed by atoms with Crippen LogP contribution in [0.4, 0.5) is 26.3 Å². The summed E-state index contributed by atoms with van der Waals surface area (Å²) in [7, 11) is 0. The van der Waals surface area contributed by atoms with E-state index in [1.54, 1.807) is 0 Å². The summed E-state index contributed by atoms with van der Waals surface area (Å²) in [5.74, 6) is 0. The highest BCUT2D eigenvalue weighted by Crippen LogP contribution is 2.35. The van der Waals surface area contributed by atoms with Crippen LogP contribution < -0.4 is 5.73 Å². The zero-order chi connectivity index (χ0) is 15.7. The lowest BCUT2D eigenvalue weighted by Crippen LogP contribution is -2.38. The first-order valence-corrected chi connectivity index (χ1v) is 5.67. The largest absolute Gasteiger partial charge is 0.416 e. The van der Waals surface area contributed by atoms with Crippen LogP contribution in [0.15, 0.2) is 18.2 Å². The fourth-order valence-corrected chi connectivity index (χ4v) is 1.72. The highest BCUT2D eigenvalue weighted by Gasteiger charge is 2.38. The van der Waals surface area contributed by atoms with Gasteiger partial charge in [0.15, 0.2) is 0 Å². The maximum absolute atomic E-state index is 12.5. The second kappa shape index (κ2) is 7.04. The Morgan fingerprint density at radius 3 is 2.10 bits per heavy atom. The lowest BCUT2D eigenvalue weighted by molar-refractivity contribution is -0.154. The molecule has 10 heteroatoms. The van der Waals surface area contributed by atoms with Crippen molar-refractivity contribution in [2.45, 2.75) is 30.9 Å². The van der Waals surface area contributed by atoms with Crippen molar-refractivity contribution in [3.05, 3.63) is 34.3 Å². The zero-order valence-electron chi connectivity index (χ0n) is 10.2. The lowest BCUT2D eigenvalue weighted by atomic mass is 10.00. The average Bonchev–Trinajstić information content (AvgIpc) is 2.26. The molecule has 122 valence electrons. The highest BCUT2D eigenvalue weighted by molar-refractivity contribution is 6.31. The number of hydrogen-bond acceptors (Lipinski definition) is 2. The second-order valence-corrected chi connectivity index (χ2v) is 4.54. The smallest absolute Gasteiger partial charge is 0.388 e.